The van der Waals surface area contributed by atoms with Gasteiger partial charge in [-0.05, 0) is 96.7 Å². The number of rotatable bonds is 3. The molecule has 0 bridgehead atoms. The van der Waals surface area contributed by atoms with Crippen LogP contribution in [0.3, 0.4) is 0 Å². The molecule has 0 saturated carbocycles. The van der Waals surface area contributed by atoms with Crippen molar-refractivity contribution in [1.29, 1.82) is 0 Å². The molecule has 0 amide bonds. The molecule has 53 heavy (non-hydrogen) atoms. The summed E-state index contributed by atoms with van der Waals surface area (Å²) in [6.07, 6.45) is 1.95. The summed E-state index contributed by atoms with van der Waals surface area (Å²) in [5, 5.41) is 14.6. The lowest BCUT2D eigenvalue weighted by atomic mass is 9.91. The number of hydrogen-bond donors (Lipinski definition) is 0. The Morgan fingerprint density at radius 1 is 0.358 bits per heavy atom. The molecular weight excluding hydrogens is 641 g/mol. The van der Waals surface area contributed by atoms with E-state index in [1.165, 1.54) is 87.1 Å². The van der Waals surface area contributed by atoms with E-state index in [1.807, 2.05) is 6.20 Å². The van der Waals surface area contributed by atoms with Crippen LogP contribution in [0.25, 0.3) is 109 Å². The number of nitrogens with zero attached hydrogens (tertiary/aromatic N) is 2. The molecular formula is C51H32N2. The molecule has 0 spiro atoms. The van der Waals surface area contributed by atoms with Crippen molar-refractivity contribution in [3.05, 3.63) is 182 Å². The minimum atomic E-state index is 1.01. The summed E-state index contributed by atoms with van der Waals surface area (Å²) in [6, 6.07) is 61.7. The third kappa shape index (κ3) is 4.59. The molecule has 11 rings (SSSR count). The molecule has 9 aromatic carbocycles. The van der Waals surface area contributed by atoms with Crippen LogP contribution in [0, 0.1) is 6.92 Å². The van der Waals surface area contributed by atoms with Crippen LogP contribution in [0.15, 0.2) is 176 Å². The van der Waals surface area contributed by atoms with E-state index < -0.39 is 0 Å². The Morgan fingerprint density at radius 3 is 1.77 bits per heavy atom. The summed E-state index contributed by atoms with van der Waals surface area (Å²) in [7, 11) is 0. The standard InChI is InChI=1S/C51H32N2/c1-31-10-8-11-32-24-25-46-39(26-27-52-50(46)47(31)32)37-23-22-35-28-34(20-21-36(35)29-37)33-12-9-13-38(30-33)49-45-19-7-5-17-43(45)48-42-16-4-2-14-40(42)41-15-3-6-18-44(41)51(48)53-49/h2-30H,1H3. The lowest BCUT2D eigenvalue weighted by Crippen LogP contribution is -1.93. The highest BCUT2D eigenvalue weighted by molar-refractivity contribution is 6.31. The van der Waals surface area contributed by atoms with Gasteiger partial charge < -0.3 is 0 Å². The van der Waals surface area contributed by atoms with Gasteiger partial charge in [0.25, 0.3) is 0 Å². The van der Waals surface area contributed by atoms with Crippen LogP contribution in [-0.2, 0) is 0 Å². The summed E-state index contributed by atoms with van der Waals surface area (Å²) < 4.78 is 0. The second-order valence-electron chi connectivity index (χ2n) is 14.2. The Balaban J connectivity index is 1.04. The van der Waals surface area contributed by atoms with Crippen LogP contribution < -0.4 is 0 Å². The molecule has 0 N–H and O–H groups in total. The summed E-state index contributed by atoms with van der Waals surface area (Å²) in [5.74, 6) is 0. The van der Waals surface area contributed by atoms with Gasteiger partial charge in [-0.1, -0.05) is 146 Å². The number of fused-ring (bicyclic) bond motifs is 12. The largest absolute Gasteiger partial charge is 0.256 e. The van der Waals surface area contributed by atoms with Crippen molar-refractivity contribution in [1.82, 2.24) is 9.97 Å². The van der Waals surface area contributed by atoms with Crippen LogP contribution in [0.2, 0.25) is 0 Å². The summed E-state index contributed by atoms with van der Waals surface area (Å²) in [6.45, 7) is 2.17. The van der Waals surface area contributed by atoms with Crippen molar-refractivity contribution in [3.8, 4) is 33.5 Å². The first kappa shape index (κ1) is 29.8. The van der Waals surface area contributed by atoms with E-state index in [4.69, 9.17) is 9.97 Å². The van der Waals surface area contributed by atoms with Gasteiger partial charge in [0, 0.05) is 38.7 Å². The van der Waals surface area contributed by atoms with Gasteiger partial charge in [0.15, 0.2) is 0 Å². The summed E-state index contributed by atoms with van der Waals surface area (Å²) in [5.41, 5.74) is 10.2. The third-order valence-corrected chi connectivity index (χ3v) is 11.2. The van der Waals surface area contributed by atoms with Gasteiger partial charge in [0.05, 0.1) is 16.7 Å². The highest BCUT2D eigenvalue weighted by atomic mass is 14.7. The zero-order valence-electron chi connectivity index (χ0n) is 29.1. The molecule has 0 saturated heterocycles. The van der Waals surface area contributed by atoms with Crippen LogP contribution in [0.5, 0.6) is 0 Å². The van der Waals surface area contributed by atoms with Crippen molar-refractivity contribution in [3.63, 3.8) is 0 Å². The van der Waals surface area contributed by atoms with E-state index in [0.717, 1.165) is 27.7 Å². The Kier molecular flexibility index (Phi) is 6.50. The van der Waals surface area contributed by atoms with Crippen LogP contribution >= 0.6 is 0 Å². The molecule has 0 unspecified atom stereocenters. The minimum absolute atomic E-state index is 1.01. The SMILES string of the molecule is Cc1cccc2ccc3c(-c4ccc5cc(-c6cccc(-c7nc8c9ccccc9c9ccccc9c8c8ccccc78)c6)ccc5c4)ccnc3c12. The number of aryl methyl sites for hydroxylation is 1. The first-order valence-electron chi connectivity index (χ1n) is 18.2. The van der Waals surface area contributed by atoms with Gasteiger partial charge in [0.2, 0.25) is 0 Å². The topological polar surface area (TPSA) is 25.8 Å². The highest BCUT2D eigenvalue weighted by Gasteiger charge is 2.17. The molecule has 0 fully saturated rings. The van der Waals surface area contributed by atoms with Gasteiger partial charge in [0.1, 0.15) is 0 Å². The van der Waals surface area contributed by atoms with E-state index >= 15 is 0 Å². The van der Waals surface area contributed by atoms with Gasteiger partial charge in [-0.25, -0.2) is 4.98 Å². The van der Waals surface area contributed by atoms with Crippen LogP contribution in [-0.4, -0.2) is 9.97 Å². The van der Waals surface area contributed by atoms with Crippen molar-refractivity contribution in [2.75, 3.05) is 0 Å². The molecule has 2 heteroatoms. The average molecular weight is 673 g/mol. The van der Waals surface area contributed by atoms with Crippen LogP contribution in [0.1, 0.15) is 5.56 Å². The number of pyridine rings is 2. The summed E-state index contributed by atoms with van der Waals surface area (Å²) in [4.78, 5) is 10.4. The molecule has 0 radical (unpaired) electrons. The van der Waals surface area contributed by atoms with E-state index in [2.05, 4.69) is 177 Å². The predicted molar refractivity (Wildman–Crippen MR) is 226 cm³/mol. The lowest BCUT2D eigenvalue weighted by molar-refractivity contribution is 1.41. The predicted octanol–water partition coefficient (Wildman–Crippen LogP) is 13.9. The van der Waals surface area contributed by atoms with Gasteiger partial charge >= 0.3 is 0 Å². The normalized spacial score (nSPS) is 11.9. The maximum Gasteiger partial charge on any atom is 0.0800 e. The minimum Gasteiger partial charge on any atom is -0.256 e. The number of aromatic nitrogens is 2. The third-order valence-electron chi connectivity index (χ3n) is 11.2. The van der Waals surface area contributed by atoms with Crippen molar-refractivity contribution >= 4 is 75.7 Å². The molecule has 2 nitrogen and oxygen atoms in total. The lowest BCUT2D eigenvalue weighted by Gasteiger charge is -2.15. The fraction of sp³-hybridized carbons (Fsp3) is 0.0196. The molecule has 2 heterocycles. The Hall–Kier alpha value is -6.90. The molecule has 246 valence electrons. The van der Waals surface area contributed by atoms with E-state index in [1.54, 1.807) is 0 Å². The van der Waals surface area contributed by atoms with Crippen LogP contribution in [0.4, 0.5) is 0 Å². The van der Waals surface area contributed by atoms with Gasteiger partial charge in [-0.15, -0.1) is 0 Å². The zero-order valence-corrected chi connectivity index (χ0v) is 29.1. The quantitative estimate of drug-likeness (QED) is 0.175. The molecule has 0 aliphatic rings. The average Bonchev–Trinajstić information content (AvgIpc) is 3.22. The van der Waals surface area contributed by atoms with Crippen molar-refractivity contribution in [2.24, 2.45) is 0 Å². The Morgan fingerprint density at radius 2 is 0.962 bits per heavy atom. The second-order valence-corrected chi connectivity index (χ2v) is 14.2. The first-order chi connectivity index (χ1) is 26.2. The Bertz CT molecular complexity index is 3300. The van der Waals surface area contributed by atoms with E-state index in [0.29, 0.717) is 0 Å². The van der Waals surface area contributed by atoms with Crippen molar-refractivity contribution in [2.45, 2.75) is 6.92 Å². The second kappa shape index (κ2) is 11.6. The fourth-order valence-electron chi connectivity index (χ4n) is 8.67. The van der Waals surface area contributed by atoms with Crippen molar-refractivity contribution < 1.29 is 0 Å². The first-order valence-corrected chi connectivity index (χ1v) is 18.2. The Labute approximate surface area is 306 Å². The smallest absolute Gasteiger partial charge is 0.0800 e. The number of benzene rings is 9. The van der Waals surface area contributed by atoms with E-state index in [-0.39, 0.29) is 0 Å². The molecule has 0 aliphatic carbocycles. The summed E-state index contributed by atoms with van der Waals surface area (Å²) >= 11 is 0. The molecule has 0 aliphatic heterocycles. The maximum atomic E-state index is 5.51. The molecule has 11 aromatic rings. The zero-order chi connectivity index (χ0) is 35.0. The molecule has 0 atom stereocenters. The molecule has 2 aromatic heterocycles. The number of hydrogen-bond acceptors (Lipinski definition) is 2. The monoisotopic (exact) mass is 672 g/mol. The van der Waals surface area contributed by atoms with Gasteiger partial charge in [-0.2, -0.15) is 0 Å². The fourth-order valence-corrected chi connectivity index (χ4v) is 8.67. The maximum absolute atomic E-state index is 5.51. The van der Waals surface area contributed by atoms with Gasteiger partial charge in [-0.3, -0.25) is 4.98 Å². The highest BCUT2D eigenvalue weighted by Crippen LogP contribution is 2.42. The van der Waals surface area contributed by atoms with E-state index in [9.17, 15) is 0 Å².